The van der Waals surface area contributed by atoms with Crippen LogP contribution in [-0.4, -0.2) is 47.3 Å². The highest BCUT2D eigenvalue weighted by atomic mass is 16.6. The third-order valence-corrected chi connectivity index (χ3v) is 4.55. The highest BCUT2D eigenvalue weighted by Crippen LogP contribution is 2.26. The minimum absolute atomic E-state index is 0.0378. The zero-order valence-electron chi connectivity index (χ0n) is 15.6. The Labute approximate surface area is 166 Å². The highest BCUT2D eigenvalue weighted by molar-refractivity contribution is 6.21. The molecule has 0 atom stereocenters. The number of nitrogens with one attached hydrogen (secondary N) is 2. The van der Waals surface area contributed by atoms with Gasteiger partial charge in [-0.3, -0.25) is 24.6 Å². The van der Waals surface area contributed by atoms with Gasteiger partial charge in [0, 0.05) is 31.8 Å². The lowest BCUT2D eigenvalue weighted by molar-refractivity contribution is -0.384. The first-order chi connectivity index (χ1) is 14.0. The molecule has 9 nitrogen and oxygen atoms in total. The van der Waals surface area contributed by atoms with Crippen LogP contribution in [0.15, 0.2) is 48.5 Å². The number of hydrogen-bond acceptors (Lipinski definition) is 5. The Bertz CT molecular complexity index is 945. The van der Waals surface area contributed by atoms with Gasteiger partial charge in [-0.1, -0.05) is 30.3 Å². The van der Waals surface area contributed by atoms with Crippen LogP contribution in [0.4, 0.5) is 10.5 Å². The van der Waals surface area contributed by atoms with Crippen LogP contribution in [0.1, 0.15) is 32.7 Å². The number of carbonyl (C=O) groups is 3. The summed E-state index contributed by atoms with van der Waals surface area (Å²) in [4.78, 5) is 47.8. The van der Waals surface area contributed by atoms with Gasteiger partial charge in [-0.05, 0) is 24.5 Å². The fraction of sp³-hybridized carbons (Fsp3) is 0.250. The predicted molar refractivity (Wildman–Crippen MR) is 105 cm³/mol. The van der Waals surface area contributed by atoms with Gasteiger partial charge in [0.2, 0.25) is 0 Å². The van der Waals surface area contributed by atoms with Crippen molar-refractivity contribution in [3.63, 3.8) is 0 Å². The Balaban J connectivity index is 1.41. The third kappa shape index (κ3) is 4.75. The maximum atomic E-state index is 12.4. The summed E-state index contributed by atoms with van der Waals surface area (Å²) in [5.74, 6) is -1.03. The van der Waals surface area contributed by atoms with E-state index in [1.165, 1.54) is 12.1 Å². The van der Waals surface area contributed by atoms with Crippen molar-refractivity contribution in [3.05, 3.63) is 75.3 Å². The fourth-order valence-corrected chi connectivity index (χ4v) is 3.06. The summed E-state index contributed by atoms with van der Waals surface area (Å²) in [5.41, 5.74) is 1.09. The number of benzene rings is 2. The molecule has 1 aliphatic heterocycles. The van der Waals surface area contributed by atoms with Crippen LogP contribution in [0.25, 0.3) is 0 Å². The molecule has 0 fully saturated rings. The number of amides is 4. The Hall–Kier alpha value is -3.75. The predicted octanol–water partition coefficient (Wildman–Crippen LogP) is 2.12. The van der Waals surface area contributed by atoms with E-state index in [0.29, 0.717) is 13.0 Å². The number of urea groups is 1. The second kappa shape index (κ2) is 8.96. The summed E-state index contributed by atoms with van der Waals surface area (Å²) >= 11 is 0. The summed E-state index contributed by atoms with van der Waals surface area (Å²) < 4.78 is 0. The summed E-state index contributed by atoms with van der Waals surface area (Å²) in [7, 11) is 0. The van der Waals surface area contributed by atoms with Crippen molar-refractivity contribution in [3.8, 4) is 0 Å². The van der Waals surface area contributed by atoms with E-state index in [1.54, 1.807) is 0 Å². The van der Waals surface area contributed by atoms with Gasteiger partial charge in [0.15, 0.2) is 0 Å². The van der Waals surface area contributed by atoms with E-state index in [2.05, 4.69) is 10.6 Å². The molecule has 29 heavy (non-hydrogen) atoms. The first-order valence-electron chi connectivity index (χ1n) is 9.17. The second-order valence-electron chi connectivity index (χ2n) is 6.52. The van der Waals surface area contributed by atoms with Crippen molar-refractivity contribution in [2.75, 3.05) is 19.6 Å². The van der Waals surface area contributed by atoms with E-state index in [0.717, 1.165) is 23.0 Å². The molecule has 0 saturated carbocycles. The number of nitrogens with zero attached hydrogens (tertiary/aromatic N) is 2. The standard InChI is InChI=1S/C20H20N4O5/c25-18-16-8-7-15(24(28)29)13-17(16)19(26)23(18)12-4-10-21-20(27)22-11-9-14-5-2-1-3-6-14/h1-3,5-8,13H,4,9-12H2,(H2,21,22,27). The zero-order valence-corrected chi connectivity index (χ0v) is 15.6. The van der Waals surface area contributed by atoms with Crippen molar-refractivity contribution in [2.45, 2.75) is 12.8 Å². The van der Waals surface area contributed by atoms with Gasteiger partial charge in [0.05, 0.1) is 16.1 Å². The van der Waals surface area contributed by atoms with E-state index in [1.807, 2.05) is 30.3 Å². The van der Waals surface area contributed by atoms with Crippen LogP contribution >= 0.6 is 0 Å². The van der Waals surface area contributed by atoms with Crippen molar-refractivity contribution in [2.24, 2.45) is 0 Å². The molecule has 0 unspecified atom stereocenters. The molecule has 1 heterocycles. The molecule has 0 aliphatic carbocycles. The minimum Gasteiger partial charge on any atom is -0.338 e. The molecule has 2 aromatic rings. The molecule has 150 valence electrons. The molecule has 4 amide bonds. The minimum atomic E-state index is -0.610. The second-order valence-corrected chi connectivity index (χ2v) is 6.52. The molecule has 0 saturated heterocycles. The number of hydrogen-bond donors (Lipinski definition) is 2. The van der Waals surface area contributed by atoms with Crippen molar-refractivity contribution in [1.82, 2.24) is 15.5 Å². The molecule has 0 bridgehead atoms. The average Bonchev–Trinajstić information content (AvgIpc) is 2.96. The van der Waals surface area contributed by atoms with Crippen molar-refractivity contribution >= 4 is 23.5 Å². The van der Waals surface area contributed by atoms with Crippen LogP contribution in [0.3, 0.4) is 0 Å². The molecule has 9 heteroatoms. The smallest absolute Gasteiger partial charge is 0.314 e. The topological polar surface area (TPSA) is 122 Å². The first kappa shape index (κ1) is 20.0. The van der Waals surface area contributed by atoms with Gasteiger partial charge in [0.25, 0.3) is 17.5 Å². The van der Waals surface area contributed by atoms with Gasteiger partial charge >= 0.3 is 6.03 Å². The monoisotopic (exact) mass is 396 g/mol. The van der Waals surface area contributed by atoms with Crippen molar-refractivity contribution in [1.29, 1.82) is 0 Å². The van der Waals surface area contributed by atoms with Crippen LogP contribution in [0, 0.1) is 10.1 Å². The molecular formula is C20H20N4O5. The van der Waals surface area contributed by atoms with Gasteiger partial charge in [-0.25, -0.2) is 4.79 Å². The number of imide groups is 1. The third-order valence-electron chi connectivity index (χ3n) is 4.55. The number of nitro benzene ring substituents is 1. The lowest BCUT2D eigenvalue weighted by Gasteiger charge is -2.14. The molecule has 3 rings (SSSR count). The molecular weight excluding hydrogens is 376 g/mol. The first-order valence-corrected chi connectivity index (χ1v) is 9.17. The number of rotatable bonds is 8. The SMILES string of the molecule is O=C(NCCCN1C(=O)c2ccc([N+](=O)[O-])cc2C1=O)NCCc1ccccc1. The lowest BCUT2D eigenvalue weighted by Crippen LogP contribution is -2.38. The van der Waals surface area contributed by atoms with Gasteiger partial charge in [-0.15, -0.1) is 0 Å². The van der Waals surface area contributed by atoms with Crippen LogP contribution in [-0.2, 0) is 6.42 Å². The van der Waals surface area contributed by atoms with Gasteiger partial charge in [-0.2, -0.15) is 0 Å². The number of carbonyl (C=O) groups excluding carboxylic acids is 3. The van der Waals surface area contributed by atoms with E-state index in [9.17, 15) is 24.5 Å². The van der Waals surface area contributed by atoms with E-state index in [4.69, 9.17) is 0 Å². The average molecular weight is 396 g/mol. The van der Waals surface area contributed by atoms with Crippen LogP contribution < -0.4 is 10.6 Å². The van der Waals surface area contributed by atoms with Crippen LogP contribution in [0.2, 0.25) is 0 Å². The van der Waals surface area contributed by atoms with Gasteiger partial charge in [0.1, 0.15) is 0 Å². The maximum Gasteiger partial charge on any atom is 0.314 e. The van der Waals surface area contributed by atoms with Crippen molar-refractivity contribution < 1.29 is 19.3 Å². The Kier molecular flexibility index (Phi) is 6.18. The Morgan fingerprint density at radius 3 is 2.38 bits per heavy atom. The number of nitro groups is 1. The quantitative estimate of drug-likeness (QED) is 0.306. The van der Waals surface area contributed by atoms with E-state index in [-0.39, 0.29) is 35.9 Å². The van der Waals surface area contributed by atoms with E-state index >= 15 is 0 Å². The highest BCUT2D eigenvalue weighted by Gasteiger charge is 2.36. The molecule has 2 N–H and O–H groups in total. The van der Waals surface area contributed by atoms with Gasteiger partial charge < -0.3 is 10.6 Å². The summed E-state index contributed by atoms with van der Waals surface area (Å²) in [6, 6.07) is 13.1. The lowest BCUT2D eigenvalue weighted by atomic mass is 10.1. The number of fused-ring (bicyclic) bond motifs is 1. The maximum absolute atomic E-state index is 12.4. The largest absolute Gasteiger partial charge is 0.338 e. The Morgan fingerprint density at radius 2 is 1.66 bits per heavy atom. The summed E-state index contributed by atoms with van der Waals surface area (Å²) in [6.07, 6.45) is 1.09. The summed E-state index contributed by atoms with van der Waals surface area (Å²) in [5, 5.41) is 16.3. The zero-order chi connectivity index (χ0) is 20.8. The fourth-order valence-electron chi connectivity index (χ4n) is 3.06. The van der Waals surface area contributed by atoms with E-state index < -0.39 is 16.7 Å². The molecule has 2 aromatic carbocycles. The molecule has 1 aliphatic rings. The normalized spacial score (nSPS) is 12.6. The summed E-state index contributed by atoms with van der Waals surface area (Å²) in [6.45, 7) is 0.891. The molecule has 0 spiro atoms. The molecule has 0 radical (unpaired) electrons. The van der Waals surface area contributed by atoms with Crippen LogP contribution in [0.5, 0.6) is 0 Å². The number of non-ortho nitro benzene ring substituents is 1. The molecule has 0 aromatic heterocycles. The Morgan fingerprint density at radius 1 is 0.966 bits per heavy atom.